The van der Waals surface area contributed by atoms with E-state index < -0.39 is 17.5 Å². The van der Waals surface area contributed by atoms with E-state index in [0.29, 0.717) is 0 Å². The molecule has 5 heteroatoms. The zero-order valence-corrected chi connectivity index (χ0v) is 14.5. The lowest BCUT2D eigenvalue weighted by Crippen LogP contribution is -2.55. The van der Waals surface area contributed by atoms with E-state index in [-0.39, 0.29) is 22.0 Å². The minimum atomic E-state index is -1.05. The standard InChI is InChI=1S/C19H22ClF2NO/c1-10(19-7-11-2-12(8-19)4-13(3-11)9-19)23-18(24)14-5-16(21)17(22)6-15(14)20/h5-6,10-13H,2-4,7-9H2,1H3,(H,23,24). The fourth-order valence-electron chi connectivity index (χ4n) is 5.83. The summed E-state index contributed by atoms with van der Waals surface area (Å²) in [5.74, 6) is -0.118. The monoisotopic (exact) mass is 353 g/mol. The highest BCUT2D eigenvalue weighted by Gasteiger charge is 2.53. The number of hydrogen-bond donors (Lipinski definition) is 1. The van der Waals surface area contributed by atoms with Gasteiger partial charge in [-0.05, 0) is 80.8 Å². The normalized spacial score (nSPS) is 35.1. The molecule has 5 rings (SSSR count). The molecule has 4 bridgehead atoms. The van der Waals surface area contributed by atoms with Gasteiger partial charge in [0.25, 0.3) is 5.91 Å². The zero-order chi connectivity index (χ0) is 17.1. The molecule has 130 valence electrons. The van der Waals surface area contributed by atoms with Crippen LogP contribution in [0.25, 0.3) is 0 Å². The molecule has 4 aliphatic rings. The predicted octanol–water partition coefficient (Wildman–Crippen LogP) is 4.95. The highest BCUT2D eigenvalue weighted by Crippen LogP contribution is 2.61. The van der Waals surface area contributed by atoms with Crippen LogP contribution in [0.15, 0.2) is 12.1 Å². The van der Waals surface area contributed by atoms with Crippen molar-refractivity contribution in [1.29, 1.82) is 0 Å². The number of halogens is 3. The Balaban J connectivity index is 1.53. The summed E-state index contributed by atoms with van der Waals surface area (Å²) in [5, 5.41) is 2.98. The quantitative estimate of drug-likeness (QED) is 0.765. The van der Waals surface area contributed by atoms with Crippen LogP contribution in [0.4, 0.5) is 8.78 Å². The van der Waals surface area contributed by atoms with Crippen molar-refractivity contribution in [2.45, 2.75) is 51.5 Å². The van der Waals surface area contributed by atoms with Gasteiger partial charge < -0.3 is 5.32 Å². The number of carbonyl (C=O) groups excluding carboxylic acids is 1. The third-order valence-corrected chi connectivity index (χ3v) is 6.92. The molecular formula is C19H22ClF2NO. The fourth-order valence-corrected chi connectivity index (χ4v) is 6.07. The lowest BCUT2D eigenvalue weighted by atomic mass is 9.48. The van der Waals surface area contributed by atoms with Gasteiger partial charge in [-0.1, -0.05) is 11.6 Å². The van der Waals surface area contributed by atoms with Crippen molar-refractivity contribution in [3.8, 4) is 0 Å². The summed E-state index contributed by atoms with van der Waals surface area (Å²) in [5.41, 5.74) is 0.169. The molecule has 1 aromatic carbocycles. The molecule has 0 heterocycles. The van der Waals surface area contributed by atoms with E-state index in [1.54, 1.807) is 0 Å². The first kappa shape index (κ1) is 16.3. The lowest BCUT2D eigenvalue weighted by Gasteiger charge is -2.59. The summed E-state index contributed by atoms with van der Waals surface area (Å²) in [6.07, 6.45) is 7.54. The van der Waals surface area contributed by atoms with Crippen molar-refractivity contribution in [2.75, 3.05) is 0 Å². The Bertz CT molecular complexity index is 655. The molecule has 4 aliphatic carbocycles. The molecule has 0 radical (unpaired) electrons. The van der Waals surface area contributed by atoms with Gasteiger partial charge in [0.2, 0.25) is 0 Å². The van der Waals surface area contributed by atoms with Gasteiger partial charge >= 0.3 is 0 Å². The molecule has 0 aromatic heterocycles. The smallest absolute Gasteiger partial charge is 0.253 e. The van der Waals surface area contributed by atoms with Crippen LogP contribution < -0.4 is 5.32 Å². The number of carbonyl (C=O) groups is 1. The highest BCUT2D eigenvalue weighted by molar-refractivity contribution is 6.33. The van der Waals surface area contributed by atoms with Crippen LogP contribution in [0, 0.1) is 34.8 Å². The maximum absolute atomic E-state index is 13.5. The van der Waals surface area contributed by atoms with Gasteiger partial charge in [-0.3, -0.25) is 4.79 Å². The molecule has 0 spiro atoms. The summed E-state index contributed by atoms with van der Waals surface area (Å²) in [6.45, 7) is 2.05. The average molecular weight is 354 g/mol. The first-order valence-corrected chi connectivity index (χ1v) is 9.19. The first-order valence-electron chi connectivity index (χ1n) is 8.82. The van der Waals surface area contributed by atoms with Crippen LogP contribution in [0.5, 0.6) is 0 Å². The van der Waals surface area contributed by atoms with Crippen molar-refractivity contribution in [2.24, 2.45) is 23.2 Å². The van der Waals surface area contributed by atoms with E-state index in [1.807, 2.05) is 0 Å². The Hall–Kier alpha value is -1.16. The van der Waals surface area contributed by atoms with E-state index in [2.05, 4.69) is 12.2 Å². The highest BCUT2D eigenvalue weighted by atomic mass is 35.5. The van der Waals surface area contributed by atoms with Crippen molar-refractivity contribution < 1.29 is 13.6 Å². The van der Waals surface area contributed by atoms with Gasteiger partial charge in [-0.15, -0.1) is 0 Å². The topological polar surface area (TPSA) is 29.1 Å². The Morgan fingerprint density at radius 2 is 1.62 bits per heavy atom. The summed E-state index contributed by atoms with van der Waals surface area (Å²) >= 11 is 5.93. The van der Waals surface area contributed by atoms with Gasteiger partial charge in [-0.25, -0.2) is 8.78 Å². The zero-order valence-electron chi connectivity index (χ0n) is 13.7. The molecule has 1 unspecified atom stereocenters. The Morgan fingerprint density at radius 1 is 1.12 bits per heavy atom. The SMILES string of the molecule is CC(NC(=O)c1cc(F)c(F)cc1Cl)C12CC3CC(CC(C3)C1)C2. The minimum absolute atomic E-state index is 0.00662. The van der Waals surface area contributed by atoms with Gasteiger partial charge in [0.05, 0.1) is 10.6 Å². The van der Waals surface area contributed by atoms with Crippen molar-refractivity contribution in [3.63, 3.8) is 0 Å². The molecule has 4 saturated carbocycles. The molecule has 1 atom stereocenters. The minimum Gasteiger partial charge on any atom is -0.349 e. The van der Waals surface area contributed by atoms with Crippen molar-refractivity contribution >= 4 is 17.5 Å². The maximum Gasteiger partial charge on any atom is 0.253 e. The fraction of sp³-hybridized carbons (Fsp3) is 0.632. The molecule has 0 aliphatic heterocycles. The number of rotatable bonds is 3. The number of hydrogen-bond acceptors (Lipinski definition) is 1. The van der Waals surface area contributed by atoms with Gasteiger partial charge in [0.1, 0.15) is 0 Å². The Labute approximate surface area is 146 Å². The second kappa shape index (κ2) is 5.69. The third kappa shape index (κ3) is 2.63. The van der Waals surface area contributed by atoms with Crippen molar-refractivity contribution in [1.82, 2.24) is 5.32 Å². The summed E-state index contributed by atoms with van der Waals surface area (Å²) in [7, 11) is 0. The maximum atomic E-state index is 13.5. The number of nitrogens with one attached hydrogen (secondary N) is 1. The summed E-state index contributed by atoms with van der Waals surface area (Å²) in [6, 6.07) is 1.77. The van der Waals surface area contributed by atoms with Crippen LogP contribution >= 0.6 is 11.6 Å². The van der Waals surface area contributed by atoms with Crippen LogP contribution in [0.3, 0.4) is 0 Å². The largest absolute Gasteiger partial charge is 0.349 e. The van der Waals surface area contributed by atoms with E-state index in [0.717, 1.165) is 29.9 Å². The molecule has 1 amide bonds. The van der Waals surface area contributed by atoms with Crippen LogP contribution in [-0.2, 0) is 0 Å². The summed E-state index contributed by atoms with van der Waals surface area (Å²) < 4.78 is 26.7. The first-order chi connectivity index (χ1) is 11.4. The van der Waals surface area contributed by atoms with Gasteiger partial charge in [-0.2, -0.15) is 0 Å². The number of amides is 1. The summed E-state index contributed by atoms with van der Waals surface area (Å²) in [4.78, 5) is 12.5. The molecule has 1 N–H and O–H groups in total. The molecule has 4 fully saturated rings. The lowest BCUT2D eigenvalue weighted by molar-refractivity contribution is -0.0688. The van der Waals surface area contributed by atoms with Gasteiger partial charge in [0.15, 0.2) is 11.6 Å². The molecule has 1 aromatic rings. The second-order valence-corrected chi connectivity index (χ2v) is 8.63. The van der Waals surface area contributed by atoms with E-state index in [4.69, 9.17) is 11.6 Å². The van der Waals surface area contributed by atoms with Crippen molar-refractivity contribution in [3.05, 3.63) is 34.4 Å². The number of benzene rings is 1. The Morgan fingerprint density at radius 3 is 2.17 bits per heavy atom. The molecule has 2 nitrogen and oxygen atoms in total. The van der Waals surface area contributed by atoms with E-state index >= 15 is 0 Å². The van der Waals surface area contributed by atoms with Crippen LogP contribution in [0.1, 0.15) is 55.8 Å². The molecule has 0 saturated heterocycles. The van der Waals surface area contributed by atoms with Crippen LogP contribution in [-0.4, -0.2) is 11.9 Å². The Kier molecular flexibility index (Phi) is 3.87. The second-order valence-electron chi connectivity index (χ2n) is 8.22. The molecular weight excluding hydrogens is 332 g/mol. The third-order valence-electron chi connectivity index (χ3n) is 6.61. The van der Waals surface area contributed by atoms with Gasteiger partial charge in [0, 0.05) is 6.04 Å². The molecule has 24 heavy (non-hydrogen) atoms. The van der Waals surface area contributed by atoms with E-state index in [1.165, 1.54) is 38.5 Å². The average Bonchev–Trinajstić information content (AvgIpc) is 2.49. The predicted molar refractivity (Wildman–Crippen MR) is 88.9 cm³/mol. The van der Waals surface area contributed by atoms with Crippen LogP contribution in [0.2, 0.25) is 5.02 Å². The van der Waals surface area contributed by atoms with E-state index in [9.17, 15) is 13.6 Å².